The lowest BCUT2D eigenvalue weighted by Crippen LogP contribution is -2.27. The van der Waals surface area contributed by atoms with Crippen LogP contribution in [0.2, 0.25) is 0 Å². The molecule has 0 spiro atoms. The zero-order chi connectivity index (χ0) is 10.6. The summed E-state index contributed by atoms with van der Waals surface area (Å²) in [7, 11) is 0. The van der Waals surface area contributed by atoms with Crippen molar-refractivity contribution in [1.82, 2.24) is 5.32 Å². The average molecular weight is 199 g/mol. The molecule has 0 saturated carbocycles. The van der Waals surface area contributed by atoms with Gasteiger partial charge < -0.3 is 10.1 Å². The van der Waals surface area contributed by atoms with Crippen LogP contribution >= 0.6 is 0 Å². The van der Waals surface area contributed by atoms with Crippen LogP contribution in [0.5, 0.6) is 0 Å². The fraction of sp³-hybridized carbons (Fsp3) is 0.833. The van der Waals surface area contributed by atoms with E-state index in [0.29, 0.717) is 6.10 Å². The molecule has 0 aliphatic carbocycles. The van der Waals surface area contributed by atoms with Crippen LogP contribution in [-0.4, -0.2) is 25.8 Å². The van der Waals surface area contributed by atoms with Crippen LogP contribution in [0.4, 0.5) is 0 Å². The molecule has 0 aromatic heterocycles. The van der Waals surface area contributed by atoms with Gasteiger partial charge in [-0.2, -0.15) is 0 Å². The quantitative estimate of drug-likeness (QED) is 0.431. The second kappa shape index (κ2) is 10.7. The molecule has 0 radical (unpaired) electrons. The molecular formula is C12H25NO. The Morgan fingerprint density at radius 2 is 2.14 bits per heavy atom. The maximum Gasteiger partial charge on any atom is 0.0671 e. The molecule has 14 heavy (non-hydrogen) atoms. The van der Waals surface area contributed by atoms with Crippen LogP contribution in [0.15, 0.2) is 12.7 Å². The number of hydrogen-bond donors (Lipinski definition) is 1. The lowest BCUT2D eigenvalue weighted by Gasteiger charge is -2.12. The van der Waals surface area contributed by atoms with Gasteiger partial charge in [0.15, 0.2) is 0 Å². The van der Waals surface area contributed by atoms with Gasteiger partial charge in [-0.1, -0.05) is 12.5 Å². The van der Waals surface area contributed by atoms with E-state index in [1.54, 1.807) is 0 Å². The highest BCUT2D eigenvalue weighted by atomic mass is 16.5. The maximum absolute atomic E-state index is 5.41. The van der Waals surface area contributed by atoms with Gasteiger partial charge in [-0.25, -0.2) is 0 Å². The highest BCUT2D eigenvalue weighted by Gasteiger charge is 1.98. The molecule has 0 aliphatic heterocycles. The highest BCUT2D eigenvalue weighted by molar-refractivity contribution is 4.65. The summed E-state index contributed by atoms with van der Waals surface area (Å²) in [5.41, 5.74) is 0. The molecule has 0 aliphatic rings. The van der Waals surface area contributed by atoms with E-state index in [9.17, 15) is 0 Å². The van der Waals surface area contributed by atoms with Crippen LogP contribution in [0.1, 0.15) is 39.5 Å². The fourth-order valence-corrected chi connectivity index (χ4v) is 1.36. The van der Waals surface area contributed by atoms with Gasteiger partial charge in [0, 0.05) is 13.2 Å². The first-order valence-corrected chi connectivity index (χ1v) is 5.74. The maximum atomic E-state index is 5.41. The van der Waals surface area contributed by atoms with Crippen LogP contribution in [0.3, 0.4) is 0 Å². The Kier molecular flexibility index (Phi) is 10.5. The SMILES string of the molecule is C=CCCCCCNCC(C)OCC. The van der Waals surface area contributed by atoms with Crippen molar-refractivity contribution in [3.63, 3.8) is 0 Å². The third-order valence-electron chi connectivity index (χ3n) is 2.14. The molecule has 1 atom stereocenters. The summed E-state index contributed by atoms with van der Waals surface area (Å²) in [4.78, 5) is 0. The molecule has 0 heterocycles. The van der Waals surface area contributed by atoms with E-state index in [-0.39, 0.29) is 0 Å². The van der Waals surface area contributed by atoms with Crippen molar-refractivity contribution in [3.05, 3.63) is 12.7 Å². The van der Waals surface area contributed by atoms with Gasteiger partial charge >= 0.3 is 0 Å². The molecule has 0 amide bonds. The van der Waals surface area contributed by atoms with E-state index >= 15 is 0 Å². The summed E-state index contributed by atoms with van der Waals surface area (Å²) in [5, 5.41) is 3.40. The van der Waals surface area contributed by atoms with E-state index in [2.05, 4.69) is 18.8 Å². The van der Waals surface area contributed by atoms with Crippen LogP contribution < -0.4 is 5.32 Å². The third-order valence-corrected chi connectivity index (χ3v) is 2.14. The number of hydrogen-bond acceptors (Lipinski definition) is 2. The van der Waals surface area contributed by atoms with Gasteiger partial charge in [0.2, 0.25) is 0 Å². The summed E-state index contributed by atoms with van der Waals surface area (Å²) in [6.07, 6.45) is 7.30. The molecule has 2 nitrogen and oxygen atoms in total. The second-order valence-electron chi connectivity index (χ2n) is 3.61. The van der Waals surface area contributed by atoms with Crippen molar-refractivity contribution < 1.29 is 4.74 Å². The molecule has 0 bridgehead atoms. The molecule has 0 fully saturated rings. The van der Waals surface area contributed by atoms with Crippen molar-refractivity contribution in [1.29, 1.82) is 0 Å². The Morgan fingerprint density at radius 3 is 2.79 bits per heavy atom. The smallest absolute Gasteiger partial charge is 0.0671 e. The summed E-state index contributed by atoms with van der Waals surface area (Å²) in [6.45, 7) is 10.7. The molecule has 84 valence electrons. The number of unbranched alkanes of at least 4 members (excludes halogenated alkanes) is 3. The summed E-state index contributed by atoms with van der Waals surface area (Å²) in [6, 6.07) is 0. The van der Waals surface area contributed by atoms with E-state index in [4.69, 9.17) is 4.74 Å². The minimum atomic E-state index is 0.341. The molecule has 1 unspecified atom stereocenters. The number of allylic oxidation sites excluding steroid dienone is 1. The molecule has 0 saturated heterocycles. The highest BCUT2D eigenvalue weighted by Crippen LogP contribution is 1.98. The number of rotatable bonds is 10. The fourth-order valence-electron chi connectivity index (χ4n) is 1.36. The van der Waals surface area contributed by atoms with Crippen LogP contribution in [-0.2, 0) is 4.74 Å². The monoisotopic (exact) mass is 199 g/mol. The molecule has 1 N–H and O–H groups in total. The summed E-state index contributed by atoms with van der Waals surface area (Å²) < 4.78 is 5.41. The van der Waals surface area contributed by atoms with Crippen molar-refractivity contribution in [3.8, 4) is 0 Å². The molecule has 0 aromatic rings. The van der Waals surface area contributed by atoms with Gasteiger partial charge in [-0.3, -0.25) is 0 Å². The molecule has 0 rings (SSSR count). The molecular weight excluding hydrogens is 174 g/mol. The third kappa shape index (κ3) is 9.75. The zero-order valence-corrected chi connectivity index (χ0v) is 9.72. The van der Waals surface area contributed by atoms with E-state index in [0.717, 1.165) is 26.1 Å². The normalized spacial score (nSPS) is 12.7. The lowest BCUT2D eigenvalue weighted by atomic mass is 10.2. The van der Waals surface area contributed by atoms with Gasteiger partial charge in [-0.05, 0) is 39.7 Å². The topological polar surface area (TPSA) is 21.3 Å². The molecule has 0 aromatic carbocycles. The summed E-state index contributed by atoms with van der Waals surface area (Å²) >= 11 is 0. The van der Waals surface area contributed by atoms with Crippen molar-refractivity contribution >= 4 is 0 Å². The standard InChI is InChI=1S/C12H25NO/c1-4-6-7-8-9-10-13-11-12(3)14-5-2/h4,12-13H,1,5-11H2,2-3H3. The first-order chi connectivity index (χ1) is 6.81. The van der Waals surface area contributed by atoms with E-state index in [1.165, 1.54) is 19.3 Å². The minimum Gasteiger partial charge on any atom is -0.377 e. The van der Waals surface area contributed by atoms with E-state index < -0.39 is 0 Å². The lowest BCUT2D eigenvalue weighted by molar-refractivity contribution is 0.0762. The average Bonchev–Trinajstić information content (AvgIpc) is 2.17. The van der Waals surface area contributed by atoms with Gasteiger partial charge in [0.05, 0.1) is 6.10 Å². The van der Waals surface area contributed by atoms with E-state index in [1.807, 2.05) is 13.0 Å². The van der Waals surface area contributed by atoms with Crippen molar-refractivity contribution in [2.45, 2.75) is 45.6 Å². The number of ether oxygens (including phenoxy) is 1. The summed E-state index contributed by atoms with van der Waals surface area (Å²) in [5.74, 6) is 0. The van der Waals surface area contributed by atoms with Crippen LogP contribution in [0, 0.1) is 0 Å². The van der Waals surface area contributed by atoms with Crippen molar-refractivity contribution in [2.75, 3.05) is 19.7 Å². The van der Waals surface area contributed by atoms with Gasteiger partial charge in [0.1, 0.15) is 0 Å². The minimum absolute atomic E-state index is 0.341. The van der Waals surface area contributed by atoms with Gasteiger partial charge in [-0.15, -0.1) is 6.58 Å². The Labute approximate surface area is 88.7 Å². The predicted molar refractivity (Wildman–Crippen MR) is 62.6 cm³/mol. The first-order valence-electron chi connectivity index (χ1n) is 5.74. The molecule has 2 heteroatoms. The zero-order valence-electron chi connectivity index (χ0n) is 9.72. The Hall–Kier alpha value is -0.340. The number of nitrogens with one attached hydrogen (secondary N) is 1. The van der Waals surface area contributed by atoms with Crippen LogP contribution in [0.25, 0.3) is 0 Å². The van der Waals surface area contributed by atoms with Crippen molar-refractivity contribution in [2.24, 2.45) is 0 Å². The Morgan fingerprint density at radius 1 is 1.36 bits per heavy atom. The van der Waals surface area contributed by atoms with Gasteiger partial charge in [0.25, 0.3) is 0 Å². The largest absolute Gasteiger partial charge is 0.377 e. The predicted octanol–water partition coefficient (Wildman–Crippen LogP) is 2.75. The Bertz CT molecular complexity index is 125. The first kappa shape index (κ1) is 13.7. The Balaban J connectivity index is 3.01. The second-order valence-corrected chi connectivity index (χ2v) is 3.61.